The summed E-state index contributed by atoms with van der Waals surface area (Å²) in [6.07, 6.45) is 2.93. The molecule has 1 nitrogen and oxygen atoms in total. The number of halogens is 3. The lowest BCUT2D eigenvalue weighted by atomic mass is 9.91. The third-order valence-corrected chi connectivity index (χ3v) is 3.78. The topological polar surface area (TPSA) is 12.0 Å². The molecule has 0 bridgehead atoms. The Hall–Kier alpha value is -0.480. The van der Waals surface area contributed by atoms with E-state index < -0.39 is 11.6 Å². The van der Waals surface area contributed by atoms with Crippen LogP contribution in [0.25, 0.3) is 0 Å². The second-order valence-corrected chi connectivity index (χ2v) is 5.06. The highest BCUT2D eigenvalue weighted by atomic mass is 79.9. The minimum atomic E-state index is -0.510. The van der Waals surface area contributed by atoms with Gasteiger partial charge in [0.1, 0.15) is 11.6 Å². The van der Waals surface area contributed by atoms with Crippen molar-refractivity contribution in [3.63, 3.8) is 0 Å². The Bertz CT molecular complexity index is 352. The predicted octanol–water partition coefficient (Wildman–Crippen LogP) is 3.27. The predicted molar refractivity (Wildman–Crippen MR) is 63.4 cm³/mol. The SMILES string of the molecule is Fc1cc(CC2CCNCC2)cc(F)c1Br. The molecule has 0 aliphatic carbocycles. The van der Waals surface area contributed by atoms with Crippen LogP contribution in [-0.4, -0.2) is 13.1 Å². The summed E-state index contributed by atoms with van der Waals surface area (Å²) in [6.45, 7) is 2.01. The standard InChI is InChI=1S/C12H14BrF2N/c13-12-10(14)6-9(7-11(12)15)5-8-1-3-16-4-2-8/h6-8,16H,1-5H2. The van der Waals surface area contributed by atoms with Crippen LogP contribution >= 0.6 is 15.9 Å². The number of hydrogen-bond donors (Lipinski definition) is 1. The Morgan fingerprint density at radius 2 is 1.75 bits per heavy atom. The molecule has 0 saturated carbocycles. The van der Waals surface area contributed by atoms with Gasteiger partial charge in [0.2, 0.25) is 0 Å². The number of nitrogens with one attached hydrogen (secondary N) is 1. The summed E-state index contributed by atoms with van der Waals surface area (Å²) in [5.41, 5.74) is 0.755. The third kappa shape index (κ3) is 2.80. The number of hydrogen-bond acceptors (Lipinski definition) is 1. The summed E-state index contributed by atoms with van der Waals surface area (Å²) in [5.74, 6) is -0.478. The van der Waals surface area contributed by atoms with E-state index in [1.807, 2.05) is 0 Å². The van der Waals surface area contributed by atoms with Crippen LogP contribution in [0.2, 0.25) is 0 Å². The second kappa shape index (κ2) is 5.23. The van der Waals surface area contributed by atoms with E-state index in [9.17, 15) is 8.78 Å². The highest BCUT2D eigenvalue weighted by Crippen LogP contribution is 2.24. The van der Waals surface area contributed by atoms with Crippen molar-refractivity contribution in [1.29, 1.82) is 0 Å². The molecule has 0 aromatic heterocycles. The van der Waals surface area contributed by atoms with Gasteiger partial charge in [0.25, 0.3) is 0 Å². The van der Waals surface area contributed by atoms with E-state index in [0.717, 1.165) is 37.9 Å². The van der Waals surface area contributed by atoms with Gasteiger partial charge < -0.3 is 5.32 Å². The van der Waals surface area contributed by atoms with E-state index in [1.165, 1.54) is 12.1 Å². The minimum absolute atomic E-state index is 0.0680. The average molecular weight is 290 g/mol. The quantitative estimate of drug-likeness (QED) is 0.824. The lowest BCUT2D eigenvalue weighted by Crippen LogP contribution is -2.28. The summed E-state index contributed by atoms with van der Waals surface area (Å²) >= 11 is 2.88. The summed E-state index contributed by atoms with van der Waals surface area (Å²) in [6, 6.07) is 2.85. The number of piperidine rings is 1. The second-order valence-electron chi connectivity index (χ2n) is 4.27. The van der Waals surface area contributed by atoms with E-state index >= 15 is 0 Å². The molecule has 1 N–H and O–H groups in total. The summed E-state index contributed by atoms with van der Waals surface area (Å²) in [4.78, 5) is 0. The van der Waals surface area contributed by atoms with Crippen LogP contribution in [-0.2, 0) is 6.42 Å². The van der Waals surface area contributed by atoms with Crippen LogP contribution in [0.3, 0.4) is 0 Å². The van der Waals surface area contributed by atoms with Gasteiger partial charge in [-0.25, -0.2) is 8.78 Å². The van der Waals surface area contributed by atoms with Crippen LogP contribution in [0.15, 0.2) is 16.6 Å². The fourth-order valence-electron chi connectivity index (χ4n) is 2.15. The highest BCUT2D eigenvalue weighted by Gasteiger charge is 2.15. The van der Waals surface area contributed by atoms with E-state index in [2.05, 4.69) is 21.2 Å². The van der Waals surface area contributed by atoms with Crippen LogP contribution in [0.1, 0.15) is 18.4 Å². The van der Waals surface area contributed by atoms with Gasteiger partial charge >= 0.3 is 0 Å². The maximum Gasteiger partial charge on any atom is 0.140 e. The maximum absolute atomic E-state index is 13.3. The zero-order valence-electron chi connectivity index (χ0n) is 8.90. The van der Waals surface area contributed by atoms with Gasteiger partial charge in [0.05, 0.1) is 4.47 Å². The zero-order chi connectivity index (χ0) is 11.5. The molecular formula is C12H14BrF2N. The molecule has 1 aliphatic heterocycles. The van der Waals surface area contributed by atoms with E-state index in [-0.39, 0.29) is 4.47 Å². The Balaban J connectivity index is 2.09. The monoisotopic (exact) mass is 289 g/mol. The molecule has 1 heterocycles. The molecule has 1 aromatic rings. The average Bonchev–Trinajstić information content (AvgIpc) is 2.27. The largest absolute Gasteiger partial charge is 0.317 e. The Morgan fingerprint density at radius 3 is 2.31 bits per heavy atom. The molecule has 4 heteroatoms. The Kier molecular flexibility index (Phi) is 3.92. The van der Waals surface area contributed by atoms with Gasteiger partial charge in [0, 0.05) is 0 Å². The van der Waals surface area contributed by atoms with Crippen molar-refractivity contribution in [3.8, 4) is 0 Å². The first kappa shape index (κ1) is 12.0. The van der Waals surface area contributed by atoms with Gasteiger partial charge in [-0.05, 0) is 71.9 Å². The van der Waals surface area contributed by atoms with Crippen molar-refractivity contribution in [2.24, 2.45) is 5.92 Å². The van der Waals surface area contributed by atoms with Crippen LogP contribution < -0.4 is 5.32 Å². The van der Waals surface area contributed by atoms with Crippen molar-refractivity contribution < 1.29 is 8.78 Å². The van der Waals surface area contributed by atoms with Gasteiger partial charge in [-0.2, -0.15) is 0 Å². The van der Waals surface area contributed by atoms with E-state index in [4.69, 9.17) is 0 Å². The van der Waals surface area contributed by atoms with Gasteiger partial charge in [-0.1, -0.05) is 0 Å². The lowest BCUT2D eigenvalue weighted by molar-refractivity contribution is 0.371. The van der Waals surface area contributed by atoms with Crippen molar-refractivity contribution in [2.45, 2.75) is 19.3 Å². The highest BCUT2D eigenvalue weighted by molar-refractivity contribution is 9.10. The minimum Gasteiger partial charge on any atom is -0.317 e. The first-order valence-corrected chi connectivity index (χ1v) is 6.30. The van der Waals surface area contributed by atoms with Crippen molar-refractivity contribution in [1.82, 2.24) is 5.32 Å². The molecule has 16 heavy (non-hydrogen) atoms. The van der Waals surface area contributed by atoms with Crippen molar-refractivity contribution in [3.05, 3.63) is 33.8 Å². The van der Waals surface area contributed by atoms with E-state index in [1.54, 1.807) is 0 Å². The zero-order valence-corrected chi connectivity index (χ0v) is 10.5. The van der Waals surface area contributed by atoms with Gasteiger partial charge in [-0.15, -0.1) is 0 Å². The number of rotatable bonds is 2. The molecule has 2 rings (SSSR count). The first-order chi connectivity index (χ1) is 7.66. The first-order valence-electron chi connectivity index (χ1n) is 5.51. The molecule has 1 aliphatic rings. The Morgan fingerprint density at radius 1 is 1.19 bits per heavy atom. The van der Waals surface area contributed by atoms with Crippen LogP contribution in [0.5, 0.6) is 0 Å². The third-order valence-electron chi connectivity index (χ3n) is 3.03. The fourth-order valence-corrected chi connectivity index (χ4v) is 2.37. The molecule has 0 unspecified atom stereocenters. The normalized spacial score (nSPS) is 17.7. The molecule has 1 aromatic carbocycles. The lowest BCUT2D eigenvalue weighted by Gasteiger charge is -2.22. The molecule has 0 amide bonds. The molecule has 0 spiro atoms. The van der Waals surface area contributed by atoms with Gasteiger partial charge in [0.15, 0.2) is 0 Å². The summed E-state index contributed by atoms with van der Waals surface area (Å²) in [7, 11) is 0. The van der Waals surface area contributed by atoms with Crippen molar-refractivity contribution >= 4 is 15.9 Å². The molecule has 1 fully saturated rings. The van der Waals surface area contributed by atoms with Crippen LogP contribution in [0, 0.1) is 17.6 Å². The molecule has 88 valence electrons. The fraction of sp³-hybridized carbons (Fsp3) is 0.500. The number of benzene rings is 1. The van der Waals surface area contributed by atoms with Crippen LogP contribution in [0.4, 0.5) is 8.78 Å². The molecule has 0 radical (unpaired) electrons. The van der Waals surface area contributed by atoms with Crippen molar-refractivity contribution in [2.75, 3.05) is 13.1 Å². The molecule has 1 saturated heterocycles. The Labute approximate surface area is 102 Å². The maximum atomic E-state index is 13.3. The summed E-state index contributed by atoms with van der Waals surface area (Å²) in [5, 5.41) is 3.28. The summed E-state index contributed by atoms with van der Waals surface area (Å²) < 4.78 is 26.5. The van der Waals surface area contributed by atoms with Gasteiger partial charge in [-0.3, -0.25) is 0 Å². The smallest absolute Gasteiger partial charge is 0.140 e. The molecule has 0 atom stereocenters. The molecular weight excluding hydrogens is 276 g/mol. The van der Waals surface area contributed by atoms with E-state index in [0.29, 0.717) is 5.92 Å².